The molecule has 1 aliphatic heterocycles. The van der Waals surface area contributed by atoms with Gasteiger partial charge in [-0.25, -0.2) is 4.79 Å². The molecule has 96 valence electrons. The van der Waals surface area contributed by atoms with E-state index < -0.39 is 0 Å². The molecule has 3 rings (SSSR count). The van der Waals surface area contributed by atoms with Crippen molar-refractivity contribution in [3.8, 4) is 0 Å². The second-order valence-electron chi connectivity index (χ2n) is 6.11. The van der Waals surface area contributed by atoms with Crippen molar-refractivity contribution in [2.45, 2.75) is 53.1 Å². The second-order valence-corrected chi connectivity index (χ2v) is 6.11. The van der Waals surface area contributed by atoms with Gasteiger partial charge in [0.15, 0.2) is 0 Å². The quantitative estimate of drug-likeness (QED) is 0.480. The van der Waals surface area contributed by atoms with E-state index in [4.69, 9.17) is 4.74 Å². The Morgan fingerprint density at radius 3 is 2.78 bits per heavy atom. The maximum Gasteiger partial charge on any atom is 0.334 e. The van der Waals surface area contributed by atoms with E-state index in [0.717, 1.165) is 24.8 Å². The molecule has 0 spiro atoms. The maximum atomic E-state index is 11.7. The van der Waals surface area contributed by atoms with Gasteiger partial charge in [0.25, 0.3) is 0 Å². The maximum absolute atomic E-state index is 11.7. The van der Waals surface area contributed by atoms with Crippen LogP contribution in [0.4, 0.5) is 0 Å². The highest BCUT2D eigenvalue weighted by molar-refractivity contribution is 5.91. The van der Waals surface area contributed by atoms with Crippen LogP contribution in [0, 0.1) is 5.41 Å². The summed E-state index contributed by atoms with van der Waals surface area (Å²) in [6.07, 6.45) is 5.24. The fourth-order valence-corrected chi connectivity index (χ4v) is 3.69. The van der Waals surface area contributed by atoms with Crippen LogP contribution in [0.25, 0.3) is 0 Å². The third-order valence-corrected chi connectivity index (χ3v) is 5.13. The normalized spacial score (nSPS) is 35.2. The molecule has 0 unspecified atom stereocenters. The van der Waals surface area contributed by atoms with E-state index in [1.165, 1.54) is 16.7 Å². The number of hydrogen-bond donors (Lipinski definition) is 0. The van der Waals surface area contributed by atoms with E-state index in [1.54, 1.807) is 5.57 Å². The summed E-state index contributed by atoms with van der Waals surface area (Å²) in [6.45, 7) is 8.64. The van der Waals surface area contributed by atoms with Crippen molar-refractivity contribution in [3.05, 3.63) is 33.9 Å². The number of esters is 1. The lowest BCUT2D eigenvalue weighted by molar-refractivity contribution is -0.139. The first-order valence-corrected chi connectivity index (χ1v) is 6.70. The van der Waals surface area contributed by atoms with Gasteiger partial charge in [-0.15, -0.1) is 0 Å². The Bertz CT molecular complexity index is 533. The Labute approximate surface area is 108 Å². The zero-order valence-corrected chi connectivity index (χ0v) is 11.6. The van der Waals surface area contributed by atoms with E-state index in [1.807, 2.05) is 6.92 Å². The summed E-state index contributed by atoms with van der Waals surface area (Å²) >= 11 is 0. The molecule has 1 heterocycles. The zero-order chi connectivity index (χ0) is 13.1. The largest absolute Gasteiger partial charge is 0.454 e. The van der Waals surface area contributed by atoms with E-state index in [-0.39, 0.29) is 17.5 Å². The molecular formula is C16H20O2. The number of rotatable bonds is 0. The van der Waals surface area contributed by atoms with Crippen LogP contribution in [0.1, 0.15) is 47.0 Å². The Morgan fingerprint density at radius 2 is 2.06 bits per heavy atom. The zero-order valence-electron chi connectivity index (χ0n) is 11.6. The van der Waals surface area contributed by atoms with Crippen molar-refractivity contribution >= 4 is 5.97 Å². The lowest BCUT2D eigenvalue weighted by Gasteiger charge is -2.29. The molecule has 0 saturated carbocycles. The Balaban J connectivity index is 2.12. The third-order valence-electron chi connectivity index (χ3n) is 5.13. The van der Waals surface area contributed by atoms with Gasteiger partial charge in [0.2, 0.25) is 0 Å². The molecule has 0 bridgehead atoms. The molecule has 0 saturated heterocycles. The van der Waals surface area contributed by atoms with Crippen LogP contribution in [0.5, 0.6) is 0 Å². The first kappa shape index (κ1) is 11.8. The van der Waals surface area contributed by atoms with E-state index in [9.17, 15) is 4.79 Å². The Morgan fingerprint density at radius 1 is 1.33 bits per heavy atom. The average molecular weight is 244 g/mol. The minimum absolute atomic E-state index is 0.000208. The molecule has 0 aromatic heterocycles. The van der Waals surface area contributed by atoms with Crippen LogP contribution in [0.3, 0.4) is 0 Å². The average Bonchev–Trinajstić information content (AvgIpc) is 2.69. The van der Waals surface area contributed by atoms with E-state index in [0.29, 0.717) is 0 Å². The van der Waals surface area contributed by atoms with Gasteiger partial charge in [-0.05, 0) is 39.2 Å². The van der Waals surface area contributed by atoms with Gasteiger partial charge >= 0.3 is 5.97 Å². The van der Waals surface area contributed by atoms with Crippen LogP contribution < -0.4 is 0 Å². The van der Waals surface area contributed by atoms with Crippen LogP contribution in [0.2, 0.25) is 0 Å². The SMILES string of the molecule is CC1=CCC2=C(C)C[C@@H]3OC(=O)C(C)=C3C[C@@]12C. The molecule has 2 atom stereocenters. The van der Waals surface area contributed by atoms with Gasteiger partial charge in [0.05, 0.1) is 0 Å². The summed E-state index contributed by atoms with van der Waals surface area (Å²) in [5.74, 6) is -0.116. The first-order chi connectivity index (χ1) is 8.43. The van der Waals surface area contributed by atoms with Gasteiger partial charge in [-0.3, -0.25) is 0 Å². The lowest BCUT2D eigenvalue weighted by atomic mass is 9.74. The fraction of sp³-hybridized carbons (Fsp3) is 0.562. The van der Waals surface area contributed by atoms with Crippen LogP contribution >= 0.6 is 0 Å². The number of hydrogen-bond acceptors (Lipinski definition) is 2. The van der Waals surface area contributed by atoms with Crippen molar-refractivity contribution < 1.29 is 9.53 Å². The summed E-state index contributed by atoms with van der Waals surface area (Å²) in [6, 6.07) is 0. The smallest absolute Gasteiger partial charge is 0.334 e. The number of ether oxygens (including phenoxy) is 1. The van der Waals surface area contributed by atoms with Crippen molar-refractivity contribution in [3.63, 3.8) is 0 Å². The molecule has 0 amide bonds. The predicted octanol–water partition coefficient (Wildman–Crippen LogP) is 3.69. The Hall–Kier alpha value is -1.31. The fourth-order valence-electron chi connectivity index (χ4n) is 3.69. The lowest BCUT2D eigenvalue weighted by Crippen LogP contribution is -2.19. The highest BCUT2D eigenvalue weighted by atomic mass is 16.5. The van der Waals surface area contributed by atoms with E-state index >= 15 is 0 Å². The monoisotopic (exact) mass is 244 g/mol. The summed E-state index contributed by atoms with van der Waals surface area (Å²) in [5.41, 5.74) is 6.58. The summed E-state index contributed by atoms with van der Waals surface area (Å²) in [4.78, 5) is 11.7. The molecule has 2 nitrogen and oxygen atoms in total. The molecule has 3 aliphatic rings. The molecule has 0 aromatic rings. The van der Waals surface area contributed by atoms with Gasteiger partial charge < -0.3 is 4.74 Å². The topological polar surface area (TPSA) is 26.3 Å². The summed E-state index contributed by atoms with van der Waals surface area (Å²) < 4.78 is 5.51. The first-order valence-electron chi connectivity index (χ1n) is 6.70. The molecule has 2 heteroatoms. The van der Waals surface area contributed by atoms with Gasteiger partial charge in [-0.2, -0.15) is 0 Å². The standard InChI is InChI=1S/C16H20O2/c1-9-7-14-12(11(3)15(17)18-14)8-16(4)10(2)5-6-13(9)16/h5,14H,6-8H2,1-4H3/t14-,16-/m0/s1. The van der Waals surface area contributed by atoms with Crippen molar-refractivity contribution in [2.75, 3.05) is 0 Å². The van der Waals surface area contributed by atoms with Crippen LogP contribution in [-0.2, 0) is 9.53 Å². The van der Waals surface area contributed by atoms with Crippen LogP contribution in [0.15, 0.2) is 33.9 Å². The minimum atomic E-state index is -0.116. The number of fused-ring (bicyclic) bond motifs is 2. The highest BCUT2D eigenvalue weighted by Gasteiger charge is 2.44. The number of allylic oxidation sites excluding steroid dienone is 3. The van der Waals surface area contributed by atoms with Crippen molar-refractivity contribution in [1.82, 2.24) is 0 Å². The molecule has 0 aromatic carbocycles. The molecular weight excluding hydrogens is 224 g/mol. The second kappa shape index (κ2) is 3.59. The Kier molecular flexibility index (Phi) is 2.35. The molecule has 18 heavy (non-hydrogen) atoms. The molecule has 2 aliphatic carbocycles. The summed E-state index contributed by atoms with van der Waals surface area (Å²) in [7, 11) is 0. The van der Waals surface area contributed by atoms with Crippen molar-refractivity contribution in [2.24, 2.45) is 5.41 Å². The van der Waals surface area contributed by atoms with Gasteiger partial charge in [-0.1, -0.05) is 29.7 Å². The number of carbonyl (C=O) groups excluding carboxylic acids is 1. The van der Waals surface area contributed by atoms with Gasteiger partial charge in [0.1, 0.15) is 6.10 Å². The minimum Gasteiger partial charge on any atom is -0.454 e. The summed E-state index contributed by atoms with van der Waals surface area (Å²) in [5, 5.41) is 0. The van der Waals surface area contributed by atoms with Crippen molar-refractivity contribution in [1.29, 1.82) is 0 Å². The molecule has 0 fully saturated rings. The van der Waals surface area contributed by atoms with E-state index in [2.05, 4.69) is 26.8 Å². The highest BCUT2D eigenvalue weighted by Crippen LogP contribution is 2.53. The van der Waals surface area contributed by atoms with Crippen LogP contribution in [-0.4, -0.2) is 12.1 Å². The number of carbonyl (C=O) groups is 1. The van der Waals surface area contributed by atoms with Gasteiger partial charge in [0, 0.05) is 17.4 Å². The third kappa shape index (κ3) is 1.38. The molecule has 0 N–H and O–H groups in total. The predicted molar refractivity (Wildman–Crippen MR) is 71.0 cm³/mol. The molecule has 0 radical (unpaired) electrons.